The van der Waals surface area contributed by atoms with Gasteiger partial charge in [-0.25, -0.2) is 13.4 Å². The highest BCUT2D eigenvalue weighted by Crippen LogP contribution is 2.16. The van der Waals surface area contributed by atoms with Crippen molar-refractivity contribution in [3.63, 3.8) is 0 Å². The Morgan fingerprint density at radius 3 is 2.80 bits per heavy atom. The first-order chi connectivity index (χ1) is 12.0. The van der Waals surface area contributed by atoms with E-state index in [-0.39, 0.29) is 10.9 Å². The van der Waals surface area contributed by atoms with Crippen LogP contribution in [0.1, 0.15) is 17.5 Å². The van der Waals surface area contributed by atoms with Gasteiger partial charge in [0.2, 0.25) is 5.91 Å². The van der Waals surface area contributed by atoms with E-state index in [2.05, 4.69) is 9.97 Å². The number of aromatic amines is 1. The van der Waals surface area contributed by atoms with Gasteiger partial charge in [-0.1, -0.05) is 29.8 Å². The SMILES string of the molecule is Cc1cccc(CC(=O)N2CCCN(S(=O)(=O)c3cnc[nH]3)CC2)c1. The smallest absolute Gasteiger partial charge is 0.260 e. The molecule has 0 radical (unpaired) electrons. The van der Waals surface area contributed by atoms with E-state index in [1.54, 1.807) is 4.90 Å². The molecule has 25 heavy (non-hydrogen) atoms. The van der Waals surface area contributed by atoms with Crippen LogP contribution in [0.25, 0.3) is 0 Å². The predicted octanol–water partition coefficient (Wildman–Crippen LogP) is 1.18. The molecule has 1 N–H and O–H groups in total. The highest BCUT2D eigenvalue weighted by atomic mass is 32.2. The third-order valence-electron chi connectivity index (χ3n) is 4.34. The van der Waals surface area contributed by atoms with Gasteiger partial charge in [-0.15, -0.1) is 0 Å². The summed E-state index contributed by atoms with van der Waals surface area (Å²) in [5, 5.41) is 0.0898. The van der Waals surface area contributed by atoms with Crippen LogP contribution in [0.3, 0.4) is 0 Å². The molecule has 3 rings (SSSR count). The van der Waals surface area contributed by atoms with Crippen LogP contribution in [-0.4, -0.2) is 59.7 Å². The molecule has 1 saturated heterocycles. The number of rotatable bonds is 4. The number of benzene rings is 1. The molecule has 0 atom stereocenters. The van der Waals surface area contributed by atoms with Crippen LogP contribution in [0.4, 0.5) is 0 Å². The summed E-state index contributed by atoms with van der Waals surface area (Å²) in [6, 6.07) is 7.89. The average molecular weight is 362 g/mol. The van der Waals surface area contributed by atoms with E-state index in [1.165, 1.54) is 16.8 Å². The topological polar surface area (TPSA) is 86.4 Å². The van der Waals surface area contributed by atoms with Gasteiger partial charge in [0.25, 0.3) is 10.0 Å². The average Bonchev–Trinajstić information content (AvgIpc) is 3.00. The molecular weight excluding hydrogens is 340 g/mol. The van der Waals surface area contributed by atoms with Crippen LogP contribution in [0.15, 0.2) is 41.8 Å². The minimum absolute atomic E-state index is 0.0337. The van der Waals surface area contributed by atoms with Crippen molar-refractivity contribution in [3.05, 3.63) is 47.9 Å². The van der Waals surface area contributed by atoms with Crippen LogP contribution < -0.4 is 0 Å². The normalized spacial score (nSPS) is 16.6. The number of H-pyrrole nitrogens is 1. The first kappa shape index (κ1) is 17.6. The van der Waals surface area contributed by atoms with Crippen molar-refractivity contribution in [1.29, 1.82) is 0 Å². The highest BCUT2D eigenvalue weighted by Gasteiger charge is 2.29. The quantitative estimate of drug-likeness (QED) is 0.885. The molecule has 1 aliphatic rings. The van der Waals surface area contributed by atoms with Gasteiger partial charge >= 0.3 is 0 Å². The summed E-state index contributed by atoms with van der Waals surface area (Å²) in [7, 11) is -3.58. The van der Waals surface area contributed by atoms with Crippen molar-refractivity contribution in [2.45, 2.75) is 24.8 Å². The van der Waals surface area contributed by atoms with Gasteiger partial charge in [-0.05, 0) is 18.9 Å². The number of nitrogens with one attached hydrogen (secondary N) is 1. The number of sulfonamides is 1. The Kier molecular flexibility index (Phi) is 5.19. The van der Waals surface area contributed by atoms with Crippen molar-refractivity contribution < 1.29 is 13.2 Å². The zero-order valence-corrected chi connectivity index (χ0v) is 15.0. The Hall–Kier alpha value is -2.19. The second-order valence-electron chi connectivity index (χ2n) is 6.22. The Bertz CT molecular complexity index is 833. The van der Waals surface area contributed by atoms with E-state index in [4.69, 9.17) is 0 Å². The summed E-state index contributed by atoms with van der Waals surface area (Å²) in [4.78, 5) is 20.7. The fourth-order valence-electron chi connectivity index (χ4n) is 3.02. The van der Waals surface area contributed by atoms with E-state index in [0.29, 0.717) is 39.0 Å². The van der Waals surface area contributed by atoms with Gasteiger partial charge in [0.1, 0.15) is 0 Å². The first-order valence-corrected chi connectivity index (χ1v) is 9.72. The maximum atomic E-state index is 12.6. The van der Waals surface area contributed by atoms with Crippen molar-refractivity contribution in [1.82, 2.24) is 19.2 Å². The van der Waals surface area contributed by atoms with Gasteiger partial charge < -0.3 is 9.88 Å². The third-order valence-corrected chi connectivity index (χ3v) is 6.16. The zero-order valence-electron chi connectivity index (χ0n) is 14.2. The van der Waals surface area contributed by atoms with Crippen molar-refractivity contribution in [2.24, 2.45) is 0 Å². The second-order valence-corrected chi connectivity index (χ2v) is 8.13. The second kappa shape index (κ2) is 7.37. The molecule has 2 aromatic rings. The molecule has 1 aromatic carbocycles. The molecule has 2 heterocycles. The molecule has 0 bridgehead atoms. The molecule has 0 saturated carbocycles. The number of imidazole rings is 1. The molecule has 1 fully saturated rings. The fraction of sp³-hybridized carbons (Fsp3) is 0.412. The molecule has 0 unspecified atom stereocenters. The van der Waals surface area contributed by atoms with E-state index in [1.807, 2.05) is 31.2 Å². The van der Waals surface area contributed by atoms with E-state index in [0.717, 1.165) is 11.1 Å². The lowest BCUT2D eigenvalue weighted by Crippen LogP contribution is -2.38. The lowest BCUT2D eigenvalue weighted by molar-refractivity contribution is -0.130. The van der Waals surface area contributed by atoms with Gasteiger partial charge in [-0.3, -0.25) is 4.79 Å². The number of hydrogen-bond donors (Lipinski definition) is 1. The monoisotopic (exact) mass is 362 g/mol. The maximum absolute atomic E-state index is 12.6. The number of carbonyl (C=O) groups is 1. The first-order valence-electron chi connectivity index (χ1n) is 8.28. The Balaban J connectivity index is 1.64. The predicted molar refractivity (Wildman–Crippen MR) is 93.4 cm³/mol. The van der Waals surface area contributed by atoms with Crippen molar-refractivity contribution in [3.8, 4) is 0 Å². The number of aromatic nitrogens is 2. The van der Waals surface area contributed by atoms with Crippen LogP contribution in [0, 0.1) is 6.92 Å². The van der Waals surface area contributed by atoms with Crippen LogP contribution in [-0.2, 0) is 21.2 Å². The molecule has 134 valence electrons. The zero-order chi connectivity index (χ0) is 17.9. The summed E-state index contributed by atoms with van der Waals surface area (Å²) in [6.45, 7) is 3.66. The van der Waals surface area contributed by atoms with Crippen LogP contribution in [0.2, 0.25) is 0 Å². The van der Waals surface area contributed by atoms with E-state index >= 15 is 0 Å². The summed E-state index contributed by atoms with van der Waals surface area (Å²) < 4.78 is 26.5. The van der Waals surface area contributed by atoms with Crippen LogP contribution >= 0.6 is 0 Å². The standard InChI is InChI=1S/C17H22N4O3S/c1-14-4-2-5-15(10-14)11-17(22)20-6-3-7-21(9-8-20)25(23,24)16-12-18-13-19-16/h2,4-5,10,12-13H,3,6-9,11H2,1H3,(H,18,19). The lowest BCUT2D eigenvalue weighted by atomic mass is 10.1. The van der Waals surface area contributed by atoms with Gasteiger partial charge in [0.05, 0.1) is 18.9 Å². The lowest BCUT2D eigenvalue weighted by Gasteiger charge is -2.21. The summed E-state index contributed by atoms with van der Waals surface area (Å²) in [5.41, 5.74) is 2.11. The minimum Gasteiger partial charge on any atom is -0.341 e. The molecule has 1 amide bonds. The highest BCUT2D eigenvalue weighted by molar-refractivity contribution is 7.89. The van der Waals surface area contributed by atoms with Crippen LogP contribution in [0.5, 0.6) is 0 Å². The summed E-state index contributed by atoms with van der Waals surface area (Å²) in [6.07, 6.45) is 3.62. The Morgan fingerprint density at radius 1 is 1.24 bits per heavy atom. The molecule has 1 aliphatic heterocycles. The van der Waals surface area contributed by atoms with Gasteiger partial charge in [-0.2, -0.15) is 4.31 Å². The van der Waals surface area contributed by atoms with Crippen molar-refractivity contribution in [2.75, 3.05) is 26.2 Å². The van der Waals surface area contributed by atoms with E-state index < -0.39 is 10.0 Å². The Labute approximate surface area is 147 Å². The fourth-order valence-corrected chi connectivity index (χ4v) is 4.38. The molecule has 1 aromatic heterocycles. The summed E-state index contributed by atoms with van der Waals surface area (Å²) in [5.74, 6) is 0.0337. The molecule has 8 heteroatoms. The number of carbonyl (C=O) groups excluding carboxylic acids is 1. The maximum Gasteiger partial charge on any atom is 0.260 e. The third kappa shape index (κ3) is 4.08. The molecule has 7 nitrogen and oxygen atoms in total. The minimum atomic E-state index is -3.58. The van der Waals surface area contributed by atoms with E-state index in [9.17, 15) is 13.2 Å². The van der Waals surface area contributed by atoms with Crippen molar-refractivity contribution >= 4 is 15.9 Å². The molecule has 0 aliphatic carbocycles. The molecule has 0 spiro atoms. The molecular formula is C17H22N4O3S. The number of aryl methyl sites for hydroxylation is 1. The summed E-state index contributed by atoms with van der Waals surface area (Å²) >= 11 is 0. The van der Waals surface area contributed by atoms with Gasteiger partial charge in [0, 0.05) is 26.2 Å². The number of hydrogen-bond acceptors (Lipinski definition) is 4. The number of nitrogens with zero attached hydrogens (tertiary/aromatic N) is 3. The van der Waals surface area contributed by atoms with Gasteiger partial charge in [0.15, 0.2) is 5.03 Å². The largest absolute Gasteiger partial charge is 0.341 e. The Morgan fingerprint density at radius 2 is 2.08 bits per heavy atom. The number of amides is 1.